The summed E-state index contributed by atoms with van der Waals surface area (Å²) in [5, 5.41) is 3.33. The topological polar surface area (TPSA) is 81.7 Å². The van der Waals surface area contributed by atoms with Gasteiger partial charge in [0.05, 0.1) is 4.90 Å². The third kappa shape index (κ3) is 5.26. The van der Waals surface area contributed by atoms with Crippen LogP contribution in [-0.2, 0) is 10.0 Å². The molecule has 0 saturated carbocycles. The number of anilines is 4. The molecule has 3 aromatic rings. The number of nitrogens with one attached hydrogen (secondary N) is 1. The lowest BCUT2D eigenvalue weighted by molar-refractivity contribution is 0.382. The summed E-state index contributed by atoms with van der Waals surface area (Å²) in [6, 6.07) is 17.0. The number of hydrogen-bond donors (Lipinski definition) is 1. The van der Waals surface area contributed by atoms with E-state index in [9.17, 15) is 8.42 Å². The standard InChI is InChI=1S/C24H30N6O2S/c1-18-5-7-20(8-6-18)26-23-17-19(2)25-24(27-23)29-13-15-30(16-14-29)33(31,32)22-11-9-21(10-12-22)28(3)4/h5-12,17H,13-16H2,1-4H3,(H,25,26,27). The van der Waals surface area contributed by atoms with Crippen LogP contribution in [0.15, 0.2) is 59.5 Å². The average Bonchev–Trinajstić information content (AvgIpc) is 2.80. The number of aryl methyl sites for hydroxylation is 2. The molecule has 1 fully saturated rings. The highest BCUT2D eigenvalue weighted by molar-refractivity contribution is 7.89. The predicted octanol–water partition coefficient (Wildman–Crippen LogP) is 3.41. The Balaban J connectivity index is 1.45. The second-order valence-corrected chi connectivity index (χ2v) is 10.4. The fourth-order valence-electron chi connectivity index (χ4n) is 3.74. The number of sulfonamides is 1. The van der Waals surface area contributed by atoms with Gasteiger partial charge in [-0.25, -0.2) is 13.4 Å². The summed E-state index contributed by atoms with van der Waals surface area (Å²) in [6.07, 6.45) is 0. The monoisotopic (exact) mass is 466 g/mol. The molecule has 0 bridgehead atoms. The largest absolute Gasteiger partial charge is 0.378 e. The second kappa shape index (κ2) is 9.36. The minimum atomic E-state index is -3.54. The maximum atomic E-state index is 13.1. The third-order valence-corrected chi connectivity index (χ3v) is 7.59. The first-order valence-corrected chi connectivity index (χ1v) is 12.4. The summed E-state index contributed by atoms with van der Waals surface area (Å²) < 4.78 is 27.7. The molecule has 1 aromatic heterocycles. The van der Waals surface area contributed by atoms with Gasteiger partial charge in [-0.05, 0) is 50.2 Å². The van der Waals surface area contributed by atoms with Crippen LogP contribution in [-0.4, -0.2) is 63.0 Å². The molecule has 0 amide bonds. The molecule has 4 rings (SSSR count). The molecule has 0 spiro atoms. The Kier molecular flexibility index (Phi) is 6.53. The number of hydrogen-bond acceptors (Lipinski definition) is 7. The zero-order valence-corrected chi connectivity index (χ0v) is 20.3. The van der Waals surface area contributed by atoms with Crippen molar-refractivity contribution in [2.75, 3.05) is 55.4 Å². The van der Waals surface area contributed by atoms with Gasteiger partial charge in [0, 0.05) is 63.4 Å². The van der Waals surface area contributed by atoms with E-state index in [-0.39, 0.29) is 0 Å². The van der Waals surface area contributed by atoms with Crippen LogP contribution >= 0.6 is 0 Å². The lowest BCUT2D eigenvalue weighted by atomic mass is 10.2. The molecule has 33 heavy (non-hydrogen) atoms. The molecule has 2 aromatic carbocycles. The zero-order chi connectivity index (χ0) is 23.6. The van der Waals surface area contributed by atoms with Gasteiger partial charge in [0.15, 0.2) is 0 Å². The van der Waals surface area contributed by atoms with Crippen LogP contribution in [0.3, 0.4) is 0 Å². The lowest BCUT2D eigenvalue weighted by Crippen LogP contribution is -2.49. The molecular formula is C24H30N6O2S. The van der Waals surface area contributed by atoms with Crippen LogP contribution in [0.2, 0.25) is 0 Å². The molecule has 0 unspecified atom stereocenters. The van der Waals surface area contributed by atoms with Crippen molar-refractivity contribution in [3.05, 3.63) is 65.9 Å². The van der Waals surface area contributed by atoms with Crippen LogP contribution in [0.1, 0.15) is 11.3 Å². The Labute approximate surface area is 195 Å². The van der Waals surface area contributed by atoms with E-state index in [4.69, 9.17) is 0 Å². The number of nitrogens with zero attached hydrogens (tertiary/aromatic N) is 5. The first-order valence-electron chi connectivity index (χ1n) is 10.9. The van der Waals surface area contributed by atoms with Crippen molar-refractivity contribution in [3.8, 4) is 0 Å². The highest BCUT2D eigenvalue weighted by Gasteiger charge is 2.29. The summed E-state index contributed by atoms with van der Waals surface area (Å²) in [5.41, 5.74) is 3.97. The van der Waals surface area contributed by atoms with Gasteiger partial charge in [-0.2, -0.15) is 9.29 Å². The highest BCUT2D eigenvalue weighted by Crippen LogP contribution is 2.23. The quantitative estimate of drug-likeness (QED) is 0.596. The minimum Gasteiger partial charge on any atom is -0.378 e. The normalized spacial score (nSPS) is 14.8. The Morgan fingerprint density at radius 1 is 0.879 bits per heavy atom. The van der Waals surface area contributed by atoms with E-state index >= 15 is 0 Å². The first-order chi connectivity index (χ1) is 15.7. The highest BCUT2D eigenvalue weighted by atomic mass is 32.2. The summed E-state index contributed by atoms with van der Waals surface area (Å²) in [6.45, 7) is 5.81. The van der Waals surface area contributed by atoms with Gasteiger partial charge in [0.2, 0.25) is 16.0 Å². The fourth-order valence-corrected chi connectivity index (χ4v) is 5.16. The Morgan fingerprint density at radius 3 is 2.12 bits per heavy atom. The minimum absolute atomic E-state index is 0.318. The van der Waals surface area contributed by atoms with Crippen molar-refractivity contribution < 1.29 is 8.42 Å². The van der Waals surface area contributed by atoms with Crippen molar-refractivity contribution in [1.29, 1.82) is 0 Å². The van der Waals surface area contributed by atoms with Crippen LogP contribution in [0.25, 0.3) is 0 Å². The predicted molar refractivity (Wildman–Crippen MR) is 133 cm³/mol. The smallest absolute Gasteiger partial charge is 0.243 e. The van der Waals surface area contributed by atoms with Gasteiger partial charge in [-0.3, -0.25) is 0 Å². The van der Waals surface area contributed by atoms with Gasteiger partial charge < -0.3 is 15.1 Å². The molecule has 0 radical (unpaired) electrons. The van der Waals surface area contributed by atoms with E-state index < -0.39 is 10.0 Å². The van der Waals surface area contributed by atoms with Gasteiger partial charge >= 0.3 is 0 Å². The van der Waals surface area contributed by atoms with Crippen molar-refractivity contribution >= 4 is 33.2 Å². The number of rotatable bonds is 6. The SMILES string of the molecule is Cc1ccc(Nc2cc(C)nc(N3CCN(S(=O)(=O)c4ccc(N(C)C)cc4)CC3)n2)cc1. The first kappa shape index (κ1) is 23.0. The van der Waals surface area contributed by atoms with Crippen LogP contribution < -0.4 is 15.1 Å². The fraction of sp³-hybridized carbons (Fsp3) is 0.333. The summed E-state index contributed by atoms with van der Waals surface area (Å²) in [4.78, 5) is 13.6. The van der Waals surface area contributed by atoms with E-state index in [2.05, 4.69) is 22.2 Å². The van der Waals surface area contributed by atoms with E-state index in [0.717, 1.165) is 22.9 Å². The molecule has 2 heterocycles. The molecule has 0 atom stereocenters. The molecule has 174 valence electrons. The third-order valence-electron chi connectivity index (χ3n) is 5.68. The van der Waals surface area contributed by atoms with Gasteiger partial charge in [-0.15, -0.1) is 0 Å². The molecule has 1 saturated heterocycles. The van der Waals surface area contributed by atoms with Crippen molar-refractivity contribution in [1.82, 2.24) is 14.3 Å². The van der Waals surface area contributed by atoms with Crippen molar-refractivity contribution in [3.63, 3.8) is 0 Å². The van der Waals surface area contributed by atoms with Gasteiger partial charge in [0.1, 0.15) is 5.82 Å². The van der Waals surface area contributed by atoms with E-state index in [1.165, 1.54) is 9.87 Å². The molecular weight excluding hydrogens is 436 g/mol. The molecule has 1 aliphatic rings. The average molecular weight is 467 g/mol. The summed E-state index contributed by atoms with van der Waals surface area (Å²) in [5.74, 6) is 1.33. The number of piperazine rings is 1. The van der Waals surface area contributed by atoms with Crippen molar-refractivity contribution in [2.24, 2.45) is 0 Å². The Morgan fingerprint density at radius 2 is 1.52 bits per heavy atom. The summed E-state index contributed by atoms with van der Waals surface area (Å²) >= 11 is 0. The second-order valence-electron chi connectivity index (χ2n) is 8.47. The van der Waals surface area contributed by atoms with Crippen LogP contribution in [0, 0.1) is 13.8 Å². The molecule has 9 heteroatoms. The van der Waals surface area contributed by atoms with Crippen LogP contribution in [0.5, 0.6) is 0 Å². The lowest BCUT2D eigenvalue weighted by Gasteiger charge is -2.34. The van der Waals surface area contributed by atoms with Crippen molar-refractivity contribution in [2.45, 2.75) is 18.7 Å². The van der Waals surface area contributed by atoms with Gasteiger partial charge in [-0.1, -0.05) is 17.7 Å². The summed E-state index contributed by atoms with van der Waals surface area (Å²) in [7, 11) is 0.321. The van der Waals surface area contributed by atoms with Gasteiger partial charge in [0.25, 0.3) is 0 Å². The zero-order valence-electron chi connectivity index (χ0n) is 19.5. The van der Waals surface area contributed by atoms with E-state index in [1.54, 1.807) is 12.1 Å². The number of aromatic nitrogens is 2. The molecule has 0 aliphatic carbocycles. The molecule has 1 N–H and O–H groups in total. The van der Waals surface area contributed by atoms with E-state index in [1.807, 2.05) is 73.3 Å². The maximum absolute atomic E-state index is 13.1. The Bertz CT molecular complexity index is 1200. The molecule has 8 nitrogen and oxygen atoms in total. The van der Waals surface area contributed by atoms with E-state index in [0.29, 0.717) is 37.0 Å². The maximum Gasteiger partial charge on any atom is 0.243 e. The Hall–Kier alpha value is -3.17. The van der Waals surface area contributed by atoms with Crippen LogP contribution in [0.4, 0.5) is 23.1 Å². The number of benzene rings is 2. The molecule has 1 aliphatic heterocycles.